The first kappa shape index (κ1) is 17.7. The molecule has 1 rings (SSSR count). The largest absolute Gasteiger partial charge is 0.444 e. The summed E-state index contributed by atoms with van der Waals surface area (Å²) < 4.78 is 46.6. The number of rotatable bonds is 3. The van der Waals surface area contributed by atoms with Crippen LogP contribution in [0.4, 0.5) is 18.0 Å². The van der Waals surface area contributed by atoms with Gasteiger partial charge in [-0.2, -0.15) is 8.78 Å². The molecule has 1 N–H and O–H groups in total. The lowest BCUT2D eigenvalue weighted by molar-refractivity contribution is -0.0501. The molecule has 0 radical (unpaired) electrons. The average Bonchev–Trinajstić information content (AvgIpc) is 2.33. The smallest absolute Gasteiger partial charge is 0.408 e. The molecule has 0 heterocycles. The average molecular weight is 315 g/mol. The standard InChI is InChI=1S/C15H16F3NO3/c1-15(2,3)22-14(20)19-8-4-5-10-6-7-11(16)9-12(10)21-13(17)18/h6-7,9,13H,8H2,1-3H3,(H,19,20). The van der Waals surface area contributed by atoms with Crippen LogP contribution >= 0.6 is 0 Å². The second-order valence-corrected chi connectivity index (χ2v) is 5.18. The third-order valence-corrected chi connectivity index (χ3v) is 2.10. The van der Waals surface area contributed by atoms with Crippen LogP contribution in [0, 0.1) is 17.7 Å². The molecule has 1 amide bonds. The van der Waals surface area contributed by atoms with E-state index < -0.39 is 24.1 Å². The minimum absolute atomic E-state index is 0.0552. The number of carbonyl (C=O) groups is 1. The number of halogens is 3. The van der Waals surface area contributed by atoms with Gasteiger partial charge in [-0.1, -0.05) is 11.8 Å². The minimum Gasteiger partial charge on any atom is -0.444 e. The first-order chi connectivity index (χ1) is 10.2. The van der Waals surface area contributed by atoms with Crippen molar-refractivity contribution in [2.24, 2.45) is 0 Å². The van der Waals surface area contributed by atoms with Crippen molar-refractivity contribution in [2.75, 3.05) is 6.54 Å². The van der Waals surface area contributed by atoms with Crippen molar-refractivity contribution in [3.05, 3.63) is 29.6 Å². The summed E-state index contributed by atoms with van der Waals surface area (Å²) in [7, 11) is 0. The predicted molar refractivity (Wildman–Crippen MR) is 74.1 cm³/mol. The molecule has 0 fully saturated rings. The van der Waals surface area contributed by atoms with Crippen LogP contribution in [0.25, 0.3) is 0 Å². The van der Waals surface area contributed by atoms with E-state index in [1.807, 2.05) is 0 Å². The van der Waals surface area contributed by atoms with Gasteiger partial charge in [-0.15, -0.1) is 0 Å². The van der Waals surface area contributed by atoms with Crippen LogP contribution in [0.3, 0.4) is 0 Å². The molecule has 0 spiro atoms. The number of hydrogen-bond donors (Lipinski definition) is 1. The normalized spacial score (nSPS) is 10.7. The number of ether oxygens (including phenoxy) is 2. The summed E-state index contributed by atoms with van der Waals surface area (Å²) in [6.07, 6.45) is -0.648. The molecule has 0 unspecified atom stereocenters. The van der Waals surface area contributed by atoms with Gasteiger partial charge in [0.2, 0.25) is 0 Å². The van der Waals surface area contributed by atoms with Crippen LogP contribution in [-0.2, 0) is 4.74 Å². The summed E-state index contributed by atoms with van der Waals surface area (Å²) in [5, 5.41) is 2.38. The second-order valence-electron chi connectivity index (χ2n) is 5.18. The lowest BCUT2D eigenvalue weighted by Gasteiger charge is -2.19. The number of alkyl halides is 2. The molecule has 120 valence electrons. The van der Waals surface area contributed by atoms with E-state index in [1.54, 1.807) is 20.8 Å². The fourth-order valence-corrected chi connectivity index (χ4v) is 1.36. The van der Waals surface area contributed by atoms with Crippen LogP contribution in [0.5, 0.6) is 5.75 Å². The van der Waals surface area contributed by atoms with E-state index in [-0.39, 0.29) is 17.9 Å². The first-order valence-electron chi connectivity index (χ1n) is 6.37. The quantitative estimate of drug-likeness (QED) is 0.871. The molecule has 0 bridgehead atoms. The topological polar surface area (TPSA) is 47.6 Å². The summed E-state index contributed by atoms with van der Waals surface area (Å²) in [6.45, 7) is 2.00. The van der Waals surface area contributed by atoms with Crippen LogP contribution in [-0.4, -0.2) is 24.9 Å². The Morgan fingerprint density at radius 3 is 2.64 bits per heavy atom. The Morgan fingerprint density at radius 1 is 1.36 bits per heavy atom. The van der Waals surface area contributed by atoms with Crippen molar-refractivity contribution >= 4 is 6.09 Å². The van der Waals surface area contributed by atoms with Gasteiger partial charge in [-0.3, -0.25) is 0 Å². The van der Waals surface area contributed by atoms with Gasteiger partial charge in [-0.25, -0.2) is 9.18 Å². The van der Waals surface area contributed by atoms with Gasteiger partial charge in [-0.05, 0) is 32.9 Å². The van der Waals surface area contributed by atoms with Crippen molar-refractivity contribution in [1.82, 2.24) is 5.32 Å². The van der Waals surface area contributed by atoms with Crippen LogP contribution < -0.4 is 10.1 Å². The molecule has 0 aliphatic heterocycles. The molecule has 1 aromatic rings. The highest BCUT2D eigenvalue weighted by molar-refractivity contribution is 5.68. The first-order valence-corrected chi connectivity index (χ1v) is 6.37. The lowest BCUT2D eigenvalue weighted by Crippen LogP contribution is -2.32. The third kappa shape index (κ3) is 6.88. The zero-order valence-corrected chi connectivity index (χ0v) is 12.4. The van der Waals surface area contributed by atoms with Gasteiger partial charge >= 0.3 is 12.7 Å². The SMILES string of the molecule is CC(C)(C)OC(=O)NCC#Cc1ccc(F)cc1OC(F)F. The fourth-order valence-electron chi connectivity index (χ4n) is 1.36. The van der Waals surface area contributed by atoms with Gasteiger partial charge in [0.05, 0.1) is 12.1 Å². The fraction of sp³-hybridized carbons (Fsp3) is 0.400. The predicted octanol–water partition coefficient (Wildman–Crippen LogP) is 3.30. The molecule has 4 nitrogen and oxygen atoms in total. The minimum atomic E-state index is -3.08. The number of benzene rings is 1. The number of amides is 1. The number of carbonyl (C=O) groups excluding carboxylic acids is 1. The highest BCUT2D eigenvalue weighted by Crippen LogP contribution is 2.21. The maximum Gasteiger partial charge on any atom is 0.408 e. The van der Waals surface area contributed by atoms with Gasteiger partial charge in [0.15, 0.2) is 0 Å². The Bertz CT molecular complexity index is 586. The lowest BCUT2D eigenvalue weighted by atomic mass is 10.2. The summed E-state index contributed by atoms with van der Waals surface area (Å²) in [5.74, 6) is 3.98. The maximum atomic E-state index is 13.0. The molecule has 22 heavy (non-hydrogen) atoms. The molecule has 1 aromatic carbocycles. The van der Waals surface area contributed by atoms with E-state index in [4.69, 9.17) is 4.74 Å². The van der Waals surface area contributed by atoms with E-state index in [2.05, 4.69) is 21.9 Å². The van der Waals surface area contributed by atoms with Crippen LogP contribution in [0.15, 0.2) is 18.2 Å². The Kier molecular flexibility index (Phi) is 6.11. The summed E-state index contributed by atoms with van der Waals surface area (Å²) >= 11 is 0. The highest BCUT2D eigenvalue weighted by Gasteiger charge is 2.15. The molecule has 0 saturated heterocycles. The van der Waals surface area contributed by atoms with Crippen molar-refractivity contribution in [3.8, 4) is 17.6 Å². The Balaban J connectivity index is 2.66. The molecule has 0 atom stereocenters. The second kappa shape index (κ2) is 7.59. The van der Waals surface area contributed by atoms with Crippen LogP contribution in [0.1, 0.15) is 26.3 Å². The van der Waals surface area contributed by atoms with Gasteiger partial charge in [0.1, 0.15) is 17.2 Å². The summed E-state index contributed by atoms with van der Waals surface area (Å²) in [5.41, 5.74) is -0.542. The molecular formula is C15H16F3NO3. The van der Waals surface area contributed by atoms with E-state index >= 15 is 0 Å². The van der Waals surface area contributed by atoms with Gasteiger partial charge < -0.3 is 14.8 Å². The van der Waals surface area contributed by atoms with Crippen molar-refractivity contribution < 1.29 is 27.4 Å². The maximum absolute atomic E-state index is 13.0. The van der Waals surface area contributed by atoms with Crippen molar-refractivity contribution in [1.29, 1.82) is 0 Å². The zero-order valence-electron chi connectivity index (χ0n) is 12.4. The van der Waals surface area contributed by atoms with E-state index in [0.717, 1.165) is 12.1 Å². The van der Waals surface area contributed by atoms with E-state index in [9.17, 15) is 18.0 Å². The van der Waals surface area contributed by atoms with Crippen molar-refractivity contribution in [3.63, 3.8) is 0 Å². The number of hydrogen-bond acceptors (Lipinski definition) is 3. The summed E-state index contributed by atoms with van der Waals surface area (Å²) in [6, 6.07) is 3.11. The monoisotopic (exact) mass is 315 g/mol. The van der Waals surface area contributed by atoms with Gasteiger partial charge in [0.25, 0.3) is 0 Å². The van der Waals surface area contributed by atoms with E-state index in [0.29, 0.717) is 0 Å². The zero-order chi connectivity index (χ0) is 16.8. The highest BCUT2D eigenvalue weighted by atomic mass is 19.3. The Hall–Kier alpha value is -2.36. The molecule has 0 aromatic heterocycles. The van der Waals surface area contributed by atoms with Crippen LogP contribution in [0.2, 0.25) is 0 Å². The third-order valence-electron chi connectivity index (χ3n) is 2.10. The molecular weight excluding hydrogens is 299 g/mol. The van der Waals surface area contributed by atoms with Crippen molar-refractivity contribution in [2.45, 2.75) is 33.0 Å². The van der Waals surface area contributed by atoms with Gasteiger partial charge in [0, 0.05) is 6.07 Å². The number of nitrogens with one attached hydrogen (secondary N) is 1. The molecule has 0 aliphatic rings. The molecule has 0 aliphatic carbocycles. The molecule has 0 saturated carbocycles. The Labute approximate surface area is 126 Å². The number of alkyl carbamates (subject to hydrolysis) is 1. The molecule has 7 heteroatoms. The Morgan fingerprint density at radius 2 is 2.05 bits per heavy atom. The van der Waals surface area contributed by atoms with E-state index in [1.165, 1.54) is 6.07 Å². The summed E-state index contributed by atoms with van der Waals surface area (Å²) in [4.78, 5) is 11.4.